The first-order valence-corrected chi connectivity index (χ1v) is 7.13. The Kier molecular flexibility index (Phi) is 3.48. The van der Waals surface area contributed by atoms with Crippen molar-refractivity contribution in [1.29, 1.82) is 0 Å². The van der Waals surface area contributed by atoms with E-state index in [0.717, 1.165) is 29.5 Å². The van der Waals surface area contributed by atoms with Crippen LogP contribution in [0, 0.1) is 5.82 Å². The summed E-state index contributed by atoms with van der Waals surface area (Å²) in [7, 11) is 0. The van der Waals surface area contributed by atoms with Crippen molar-refractivity contribution in [3.63, 3.8) is 0 Å². The summed E-state index contributed by atoms with van der Waals surface area (Å²) in [5.74, 6) is -0.395. The van der Waals surface area contributed by atoms with E-state index in [9.17, 15) is 9.18 Å². The maximum Gasteiger partial charge on any atom is 0.261 e. The van der Waals surface area contributed by atoms with Gasteiger partial charge in [-0.25, -0.2) is 4.39 Å². The smallest absolute Gasteiger partial charge is 0.261 e. The van der Waals surface area contributed by atoms with Crippen LogP contribution in [0.3, 0.4) is 0 Å². The van der Waals surface area contributed by atoms with Gasteiger partial charge in [-0.2, -0.15) is 0 Å². The number of benzene rings is 1. The largest absolute Gasteiger partial charge is 0.376 e. The van der Waals surface area contributed by atoms with Crippen LogP contribution in [-0.4, -0.2) is 25.2 Å². The van der Waals surface area contributed by atoms with Gasteiger partial charge in [-0.15, -0.1) is 11.3 Å². The summed E-state index contributed by atoms with van der Waals surface area (Å²) >= 11 is 1.38. The summed E-state index contributed by atoms with van der Waals surface area (Å²) in [6.45, 7) is 1.32. The minimum Gasteiger partial charge on any atom is -0.376 e. The van der Waals surface area contributed by atoms with Crippen LogP contribution in [0.4, 0.5) is 4.39 Å². The third-order valence-corrected chi connectivity index (χ3v) is 4.33. The number of amides is 1. The highest BCUT2D eigenvalue weighted by Gasteiger charge is 2.17. The molecule has 19 heavy (non-hydrogen) atoms. The van der Waals surface area contributed by atoms with Crippen LogP contribution in [-0.2, 0) is 4.74 Å². The first-order valence-electron chi connectivity index (χ1n) is 6.31. The predicted octanol–water partition coefficient (Wildman–Crippen LogP) is 2.95. The van der Waals surface area contributed by atoms with Crippen LogP contribution >= 0.6 is 11.3 Å². The van der Waals surface area contributed by atoms with Crippen LogP contribution in [0.25, 0.3) is 10.1 Å². The van der Waals surface area contributed by atoms with Gasteiger partial charge in [0.05, 0.1) is 11.0 Å². The van der Waals surface area contributed by atoms with E-state index < -0.39 is 0 Å². The van der Waals surface area contributed by atoms with Crippen LogP contribution < -0.4 is 5.32 Å². The zero-order valence-corrected chi connectivity index (χ0v) is 11.1. The Morgan fingerprint density at radius 1 is 1.47 bits per heavy atom. The molecule has 1 aromatic carbocycles. The highest BCUT2D eigenvalue weighted by atomic mass is 32.1. The lowest BCUT2D eigenvalue weighted by atomic mass is 10.2. The van der Waals surface area contributed by atoms with E-state index in [-0.39, 0.29) is 17.8 Å². The topological polar surface area (TPSA) is 38.3 Å². The molecule has 1 unspecified atom stereocenters. The molecule has 1 aliphatic heterocycles. The van der Waals surface area contributed by atoms with Crippen LogP contribution in [0.1, 0.15) is 22.5 Å². The van der Waals surface area contributed by atoms with Crippen molar-refractivity contribution >= 4 is 27.3 Å². The Morgan fingerprint density at radius 2 is 2.37 bits per heavy atom. The Bertz CT molecular complexity index is 605. The number of hydrogen-bond acceptors (Lipinski definition) is 3. The fourth-order valence-corrected chi connectivity index (χ4v) is 3.18. The maximum atomic E-state index is 13.1. The number of carbonyl (C=O) groups is 1. The summed E-state index contributed by atoms with van der Waals surface area (Å²) in [6.07, 6.45) is 2.19. The summed E-state index contributed by atoms with van der Waals surface area (Å²) in [5, 5.41) is 3.64. The Hall–Kier alpha value is -1.46. The number of fused-ring (bicyclic) bond motifs is 1. The van der Waals surface area contributed by atoms with Gasteiger partial charge < -0.3 is 10.1 Å². The second kappa shape index (κ2) is 5.27. The zero-order valence-electron chi connectivity index (χ0n) is 10.3. The van der Waals surface area contributed by atoms with Crippen LogP contribution in [0.15, 0.2) is 24.3 Å². The number of nitrogens with one attached hydrogen (secondary N) is 1. The van der Waals surface area contributed by atoms with E-state index in [1.807, 2.05) is 0 Å². The van der Waals surface area contributed by atoms with Gasteiger partial charge in [0.15, 0.2) is 0 Å². The molecule has 100 valence electrons. The molecule has 1 aromatic heterocycles. The van der Waals surface area contributed by atoms with Crippen molar-refractivity contribution in [3.05, 3.63) is 35.0 Å². The molecular weight excluding hydrogens is 265 g/mol. The minimum absolute atomic E-state index is 0.114. The standard InChI is InChI=1S/C14H14FNO2S/c15-10-3-4-12-9(6-10)7-13(19-12)14(17)16-8-11-2-1-5-18-11/h3-4,6-7,11H,1-2,5,8H2,(H,16,17). The monoisotopic (exact) mass is 279 g/mol. The predicted molar refractivity (Wildman–Crippen MR) is 73.1 cm³/mol. The number of hydrogen-bond donors (Lipinski definition) is 1. The molecule has 1 fully saturated rings. The molecule has 0 aliphatic carbocycles. The Morgan fingerprint density at radius 3 is 3.16 bits per heavy atom. The molecule has 2 heterocycles. The average molecular weight is 279 g/mol. The number of rotatable bonds is 3. The second-order valence-corrected chi connectivity index (χ2v) is 5.72. The number of thiophene rings is 1. The Labute approximate surface area is 114 Å². The van der Waals surface area contributed by atoms with Crippen LogP contribution in [0.2, 0.25) is 0 Å². The molecule has 3 rings (SSSR count). The first-order chi connectivity index (χ1) is 9.22. The van der Waals surface area contributed by atoms with Crippen molar-refractivity contribution in [2.45, 2.75) is 18.9 Å². The van der Waals surface area contributed by atoms with Crippen molar-refractivity contribution in [2.24, 2.45) is 0 Å². The minimum atomic E-state index is -0.281. The molecule has 3 nitrogen and oxygen atoms in total. The molecule has 0 spiro atoms. The molecule has 1 atom stereocenters. The molecule has 1 N–H and O–H groups in total. The number of ether oxygens (including phenoxy) is 1. The van der Waals surface area contributed by atoms with E-state index in [1.54, 1.807) is 12.1 Å². The lowest BCUT2D eigenvalue weighted by Gasteiger charge is -2.09. The van der Waals surface area contributed by atoms with Gasteiger partial charge in [-0.1, -0.05) is 0 Å². The third-order valence-electron chi connectivity index (χ3n) is 3.22. The van der Waals surface area contributed by atoms with Crippen molar-refractivity contribution in [3.8, 4) is 0 Å². The highest BCUT2D eigenvalue weighted by molar-refractivity contribution is 7.20. The summed E-state index contributed by atoms with van der Waals surface area (Å²) in [4.78, 5) is 12.6. The van der Waals surface area contributed by atoms with Gasteiger partial charge in [0.1, 0.15) is 5.82 Å². The second-order valence-electron chi connectivity index (χ2n) is 4.64. The Balaban J connectivity index is 1.70. The molecule has 1 saturated heterocycles. The summed E-state index contributed by atoms with van der Waals surface area (Å²) in [6, 6.07) is 6.29. The number of carbonyl (C=O) groups excluding carboxylic acids is 1. The molecule has 5 heteroatoms. The van der Waals surface area contributed by atoms with E-state index in [0.29, 0.717) is 11.4 Å². The van der Waals surface area contributed by atoms with Crippen molar-refractivity contribution in [2.75, 3.05) is 13.2 Å². The van der Waals surface area contributed by atoms with Gasteiger partial charge in [-0.3, -0.25) is 4.79 Å². The molecule has 0 bridgehead atoms. The zero-order chi connectivity index (χ0) is 13.2. The van der Waals surface area contributed by atoms with Gasteiger partial charge in [0.25, 0.3) is 5.91 Å². The van der Waals surface area contributed by atoms with Crippen LogP contribution in [0.5, 0.6) is 0 Å². The lowest BCUT2D eigenvalue weighted by Crippen LogP contribution is -2.31. The SMILES string of the molecule is O=C(NCC1CCCO1)c1cc2cc(F)ccc2s1. The van der Waals surface area contributed by atoms with E-state index in [4.69, 9.17) is 4.74 Å². The molecule has 0 radical (unpaired) electrons. The maximum absolute atomic E-state index is 13.1. The van der Waals surface area contributed by atoms with Crippen molar-refractivity contribution < 1.29 is 13.9 Å². The average Bonchev–Trinajstić information content (AvgIpc) is 3.04. The van der Waals surface area contributed by atoms with E-state index in [2.05, 4.69) is 5.32 Å². The van der Waals surface area contributed by atoms with Gasteiger partial charge >= 0.3 is 0 Å². The van der Waals surface area contributed by atoms with E-state index >= 15 is 0 Å². The molecular formula is C14H14FNO2S. The van der Waals surface area contributed by atoms with Gasteiger partial charge in [0, 0.05) is 17.9 Å². The molecule has 1 aliphatic rings. The first kappa shape index (κ1) is 12.6. The third kappa shape index (κ3) is 2.77. The molecule has 2 aromatic rings. The highest BCUT2D eigenvalue weighted by Crippen LogP contribution is 2.26. The lowest BCUT2D eigenvalue weighted by molar-refractivity contribution is 0.0861. The fraction of sp³-hybridized carbons (Fsp3) is 0.357. The summed E-state index contributed by atoms with van der Waals surface area (Å²) in [5.41, 5.74) is 0. The van der Waals surface area contributed by atoms with E-state index in [1.165, 1.54) is 23.5 Å². The fourth-order valence-electron chi connectivity index (χ4n) is 2.23. The van der Waals surface area contributed by atoms with Gasteiger partial charge in [-0.05, 0) is 42.5 Å². The number of halogens is 1. The molecule has 1 amide bonds. The van der Waals surface area contributed by atoms with Crippen molar-refractivity contribution in [1.82, 2.24) is 5.32 Å². The summed E-state index contributed by atoms with van der Waals surface area (Å²) < 4.78 is 19.5. The normalized spacial score (nSPS) is 18.9. The van der Waals surface area contributed by atoms with Gasteiger partial charge in [0.2, 0.25) is 0 Å². The molecule has 0 saturated carbocycles. The quantitative estimate of drug-likeness (QED) is 0.938.